The second kappa shape index (κ2) is 8.54. The Morgan fingerprint density at radius 1 is 1.04 bits per heavy atom. The van der Waals surface area contributed by atoms with Crippen LogP contribution in [0.25, 0.3) is 10.4 Å². The second-order valence-corrected chi connectivity index (χ2v) is 8.36. The lowest BCUT2D eigenvalue weighted by Crippen LogP contribution is -2.22. The first-order valence-electron chi connectivity index (χ1n) is 8.85. The molecule has 0 aliphatic rings. The number of benzene rings is 2. The molecule has 0 aliphatic carbocycles. The van der Waals surface area contributed by atoms with Crippen LogP contribution in [0.2, 0.25) is 0 Å². The molecule has 0 unspecified atom stereocenters. The zero-order chi connectivity index (χ0) is 19.3. The number of halogens is 1. The maximum absolute atomic E-state index is 12.6. The first-order chi connectivity index (χ1) is 13.7. The van der Waals surface area contributed by atoms with Gasteiger partial charge in [-0.1, -0.05) is 52.3 Å². The lowest BCUT2D eigenvalue weighted by atomic mass is 10.1. The molecule has 6 heteroatoms. The van der Waals surface area contributed by atoms with Crippen molar-refractivity contribution in [2.75, 3.05) is 0 Å². The Kier molecular flexibility index (Phi) is 5.69. The quantitative estimate of drug-likeness (QED) is 0.429. The molecular formula is C22H18BrN3OS. The SMILES string of the molecule is O=C(NCc1ccccc1Cn1ccnc1)c1ccc(-c2ccc(Br)cc2)s1. The number of nitrogens with zero attached hydrogens (tertiary/aromatic N) is 2. The summed E-state index contributed by atoms with van der Waals surface area (Å²) in [5, 5.41) is 3.05. The third kappa shape index (κ3) is 4.40. The highest BCUT2D eigenvalue weighted by atomic mass is 79.9. The Morgan fingerprint density at radius 3 is 2.57 bits per heavy atom. The van der Waals surface area contributed by atoms with Crippen molar-refractivity contribution in [2.45, 2.75) is 13.1 Å². The maximum atomic E-state index is 12.6. The van der Waals surface area contributed by atoms with Crippen molar-refractivity contribution in [3.05, 3.63) is 99.9 Å². The van der Waals surface area contributed by atoms with Crippen molar-refractivity contribution < 1.29 is 4.79 Å². The summed E-state index contributed by atoms with van der Waals surface area (Å²) in [6.07, 6.45) is 5.50. The zero-order valence-electron chi connectivity index (χ0n) is 15.0. The van der Waals surface area contributed by atoms with Crippen LogP contribution in [0.4, 0.5) is 0 Å². The standard InChI is InChI=1S/C22H18BrN3OS/c23-19-7-5-16(6-8-19)20-9-10-21(28-20)22(27)25-13-17-3-1-2-4-18(17)14-26-12-11-24-15-26/h1-12,15H,13-14H2,(H,25,27). The van der Waals surface area contributed by atoms with Gasteiger partial charge in [-0.15, -0.1) is 11.3 Å². The number of rotatable bonds is 6. The molecule has 140 valence electrons. The normalized spacial score (nSPS) is 10.8. The number of imidazole rings is 1. The van der Waals surface area contributed by atoms with Crippen molar-refractivity contribution in [2.24, 2.45) is 0 Å². The molecule has 0 bridgehead atoms. The molecule has 0 aliphatic heterocycles. The van der Waals surface area contributed by atoms with Gasteiger partial charge in [-0.3, -0.25) is 4.79 Å². The fourth-order valence-electron chi connectivity index (χ4n) is 2.95. The van der Waals surface area contributed by atoms with Crippen LogP contribution in [-0.4, -0.2) is 15.5 Å². The van der Waals surface area contributed by atoms with Crippen molar-refractivity contribution in [3.8, 4) is 10.4 Å². The highest BCUT2D eigenvalue weighted by molar-refractivity contribution is 9.10. The van der Waals surface area contributed by atoms with E-state index in [0.717, 1.165) is 27.0 Å². The van der Waals surface area contributed by atoms with Gasteiger partial charge >= 0.3 is 0 Å². The topological polar surface area (TPSA) is 46.9 Å². The lowest BCUT2D eigenvalue weighted by Gasteiger charge is -2.11. The molecule has 4 rings (SSSR count). The molecule has 4 aromatic rings. The van der Waals surface area contributed by atoms with Crippen molar-refractivity contribution >= 4 is 33.2 Å². The predicted molar refractivity (Wildman–Crippen MR) is 116 cm³/mol. The Morgan fingerprint density at radius 2 is 1.82 bits per heavy atom. The van der Waals surface area contributed by atoms with E-state index in [-0.39, 0.29) is 5.91 Å². The van der Waals surface area contributed by atoms with Gasteiger partial charge in [0.1, 0.15) is 0 Å². The molecule has 28 heavy (non-hydrogen) atoms. The van der Waals surface area contributed by atoms with Gasteiger partial charge in [0, 0.05) is 34.8 Å². The van der Waals surface area contributed by atoms with Crippen LogP contribution in [0, 0.1) is 0 Å². The van der Waals surface area contributed by atoms with Crippen molar-refractivity contribution in [1.82, 2.24) is 14.9 Å². The van der Waals surface area contributed by atoms with Crippen LogP contribution in [-0.2, 0) is 13.1 Å². The molecule has 0 saturated heterocycles. The van der Waals surface area contributed by atoms with Gasteiger partial charge in [-0.05, 0) is 41.0 Å². The fraction of sp³-hybridized carbons (Fsp3) is 0.0909. The molecule has 4 nitrogen and oxygen atoms in total. The highest BCUT2D eigenvalue weighted by Crippen LogP contribution is 2.29. The zero-order valence-corrected chi connectivity index (χ0v) is 17.4. The Labute approximate surface area is 176 Å². The summed E-state index contributed by atoms with van der Waals surface area (Å²) >= 11 is 4.95. The molecule has 0 atom stereocenters. The molecule has 2 heterocycles. The molecule has 0 saturated carbocycles. The number of aromatic nitrogens is 2. The van der Waals surface area contributed by atoms with Gasteiger partial charge in [0.15, 0.2) is 0 Å². The minimum Gasteiger partial charge on any atom is -0.347 e. The van der Waals surface area contributed by atoms with E-state index in [0.29, 0.717) is 11.4 Å². The second-order valence-electron chi connectivity index (χ2n) is 6.36. The fourth-order valence-corrected chi connectivity index (χ4v) is 4.15. The largest absolute Gasteiger partial charge is 0.347 e. The van der Waals surface area contributed by atoms with Crippen molar-refractivity contribution in [1.29, 1.82) is 0 Å². The monoisotopic (exact) mass is 451 g/mol. The van der Waals surface area contributed by atoms with Crippen LogP contribution < -0.4 is 5.32 Å². The van der Waals surface area contributed by atoms with Crippen LogP contribution in [0.15, 0.2) is 83.9 Å². The van der Waals surface area contributed by atoms with E-state index in [1.165, 1.54) is 16.9 Å². The third-order valence-electron chi connectivity index (χ3n) is 4.43. The predicted octanol–water partition coefficient (Wildman–Crippen LogP) is 5.35. The summed E-state index contributed by atoms with van der Waals surface area (Å²) in [5.41, 5.74) is 3.38. The summed E-state index contributed by atoms with van der Waals surface area (Å²) in [6, 6.07) is 20.1. The molecule has 0 radical (unpaired) electrons. The number of nitrogens with one attached hydrogen (secondary N) is 1. The molecule has 1 amide bonds. The Balaban J connectivity index is 1.43. The molecule has 2 aromatic heterocycles. The number of carbonyl (C=O) groups is 1. The van der Waals surface area contributed by atoms with Crippen molar-refractivity contribution in [3.63, 3.8) is 0 Å². The number of carbonyl (C=O) groups excluding carboxylic acids is 1. The van der Waals surface area contributed by atoms with Crippen LogP contribution in [0.1, 0.15) is 20.8 Å². The van der Waals surface area contributed by atoms with Gasteiger partial charge < -0.3 is 9.88 Å². The summed E-state index contributed by atoms with van der Waals surface area (Å²) in [5.74, 6) is -0.0502. The van der Waals surface area contributed by atoms with Crippen LogP contribution in [0.5, 0.6) is 0 Å². The average molecular weight is 452 g/mol. The number of hydrogen-bond acceptors (Lipinski definition) is 3. The highest BCUT2D eigenvalue weighted by Gasteiger charge is 2.11. The number of thiophene rings is 1. The summed E-state index contributed by atoms with van der Waals surface area (Å²) in [4.78, 5) is 18.5. The summed E-state index contributed by atoms with van der Waals surface area (Å²) in [7, 11) is 0. The van der Waals surface area contributed by atoms with Crippen LogP contribution >= 0.6 is 27.3 Å². The smallest absolute Gasteiger partial charge is 0.261 e. The first kappa shape index (κ1) is 18.7. The van der Waals surface area contributed by atoms with Gasteiger partial charge in [0.05, 0.1) is 11.2 Å². The van der Waals surface area contributed by atoms with E-state index in [1.54, 1.807) is 12.5 Å². The first-order valence-corrected chi connectivity index (χ1v) is 10.5. The summed E-state index contributed by atoms with van der Waals surface area (Å²) in [6.45, 7) is 1.23. The maximum Gasteiger partial charge on any atom is 0.261 e. The summed E-state index contributed by atoms with van der Waals surface area (Å²) < 4.78 is 3.06. The van der Waals surface area contributed by atoms with E-state index in [9.17, 15) is 4.79 Å². The van der Waals surface area contributed by atoms with E-state index >= 15 is 0 Å². The van der Waals surface area contributed by atoms with E-state index in [1.807, 2.05) is 65.4 Å². The molecule has 0 spiro atoms. The minimum atomic E-state index is -0.0502. The number of hydrogen-bond donors (Lipinski definition) is 1. The molecule has 2 aromatic carbocycles. The van der Waals surface area contributed by atoms with Gasteiger partial charge in [-0.2, -0.15) is 0 Å². The number of amides is 1. The minimum absolute atomic E-state index is 0.0502. The van der Waals surface area contributed by atoms with Gasteiger partial charge in [0.2, 0.25) is 0 Å². The van der Waals surface area contributed by atoms with Gasteiger partial charge in [0.25, 0.3) is 5.91 Å². The average Bonchev–Trinajstić information content (AvgIpc) is 3.40. The van der Waals surface area contributed by atoms with Crippen LogP contribution in [0.3, 0.4) is 0 Å². The Bertz CT molecular complexity index is 1070. The molecule has 0 fully saturated rings. The van der Waals surface area contributed by atoms with Gasteiger partial charge in [-0.25, -0.2) is 4.98 Å². The third-order valence-corrected chi connectivity index (χ3v) is 6.09. The van der Waals surface area contributed by atoms with E-state index in [4.69, 9.17) is 0 Å². The molecular weight excluding hydrogens is 434 g/mol. The lowest BCUT2D eigenvalue weighted by molar-refractivity contribution is 0.0955. The van der Waals surface area contributed by atoms with E-state index < -0.39 is 0 Å². The molecule has 1 N–H and O–H groups in total. The Hall–Kier alpha value is -2.70. The van der Waals surface area contributed by atoms with E-state index in [2.05, 4.69) is 32.3 Å².